The number of hydrogen-bond donors (Lipinski definition) is 2. The summed E-state index contributed by atoms with van der Waals surface area (Å²) in [6.45, 7) is 2.93. The zero-order valence-corrected chi connectivity index (χ0v) is 18.7. The number of carbonyl (C=O) groups excluding carboxylic acids is 2. The SMILES string of the molecule is NS(=O)(=O)c1ccc(Br)c(C(=O)NCCC(=O)N2CCN(c3ccccc3)CC2)c1. The Bertz CT molecular complexity index is 1020. The number of rotatable bonds is 6. The number of halogens is 1. The Labute approximate surface area is 184 Å². The van der Waals surface area contributed by atoms with Crippen LogP contribution in [-0.4, -0.2) is 57.9 Å². The molecule has 1 aliphatic heterocycles. The third-order valence-electron chi connectivity index (χ3n) is 4.89. The van der Waals surface area contributed by atoms with Crippen molar-refractivity contribution in [2.75, 3.05) is 37.6 Å². The van der Waals surface area contributed by atoms with Crippen LogP contribution >= 0.6 is 15.9 Å². The second-order valence-electron chi connectivity index (χ2n) is 6.90. The summed E-state index contributed by atoms with van der Waals surface area (Å²) >= 11 is 3.23. The first-order chi connectivity index (χ1) is 14.3. The molecule has 8 nitrogen and oxygen atoms in total. The Kier molecular flexibility index (Phi) is 7.11. The molecule has 0 spiro atoms. The quantitative estimate of drug-likeness (QED) is 0.632. The van der Waals surface area contributed by atoms with Crippen molar-refractivity contribution < 1.29 is 18.0 Å². The summed E-state index contributed by atoms with van der Waals surface area (Å²) < 4.78 is 23.4. The second-order valence-corrected chi connectivity index (χ2v) is 9.31. The van der Waals surface area contributed by atoms with Gasteiger partial charge >= 0.3 is 0 Å². The molecular formula is C20H23BrN4O4S. The van der Waals surface area contributed by atoms with Gasteiger partial charge in [-0.1, -0.05) is 18.2 Å². The number of anilines is 1. The van der Waals surface area contributed by atoms with Gasteiger partial charge in [0.15, 0.2) is 0 Å². The van der Waals surface area contributed by atoms with E-state index < -0.39 is 15.9 Å². The van der Waals surface area contributed by atoms with Crippen LogP contribution < -0.4 is 15.4 Å². The minimum Gasteiger partial charge on any atom is -0.368 e. The topological polar surface area (TPSA) is 113 Å². The number of nitrogens with zero attached hydrogens (tertiary/aromatic N) is 2. The van der Waals surface area contributed by atoms with Crippen LogP contribution in [0, 0.1) is 0 Å². The highest BCUT2D eigenvalue weighted by molar-refractivity contribution is 9.10. The lowest BCUT2D eigenvalue weighted by molar-refractivity contribution is -0.131. The molecule has 160 valence electrons. The van der Waals surface area contributed by atoms with Gasteiger partial charge in [0.1, 0.15) is 0 Å². The Balaban J connectivity index is 1.49. The average molecular weight is 495 g/mol. The van der Waals surface area contributed by atoms with E-state index in [2.05, 4.69) is 38.3 Å². The molecule has 2 amide bonds. The number of carbonyl (C=O) groups is 2. The van der Waals surface area contributed by atoms with E-state index in [0.29, 0.717) is 17.6 Å². The molecule has 3 rings (SSSR count). The van der Waals surface area contributed by atoms with Crippen molar-refractivity contribution in [3.05, 3.63) is 58.6 Å². The molecule has 1 heterocycles. The molecule has 10 heteroatoms. The van der Waals surface area contributed by atoms with Gasteiger partial charge in [-0.15, -0.1) is 0 Å². The van der Waals surface area contributed by atoms with Gasteiger partial charge in [0.2, 0.25) is 15.9 Å². The van der Waals surface area contributed by atoms with Crippen molar-refractivity contribution in [2.24, 2.45) is 5.14 Å². The van der Waals surface area contributed by atoms with Gasteiger partial charge in [-0.3, -0.25) is 9.59 Å². The van der Waals surface area contributed by atoms with Crippen LogP contribution in [0.5, 0.6) is 0 Å². The van der Waals surface area contributed by atoms with E-state index in [0.717, 1.165) is 18.8 Å². The second kappa shape index (κ2) is 9.59. The fourth-order valence-electron chi connectivity index (χ4n) is 3.24. The van der Waals surface area contributed by atoms with Crippen molar-refractivity contribution in [3.8, 4) is 0 Å². The van der Waals surface area contributed by atoms with Crippen molar-refractivity contribution >= 4 is 43.5 Å². The van der Waals surface area contributed by atoms with Crippen molar-refractivity contribution in [2.45, 2.75) is 11.3 Å². The standard InChI is InChI=1S/C20H23BrN4O4S/c21-18-7-6-16(30(22,28)29)14-17(18)20(27)23-9-8-19(26)25-12-10-24(11-13-25)15-4-2-1-3-5-15/h1-7,14H,8-13H2,(H,23,27)(H2,22,28,29). The molecule has 0 radical (unpaired) electrons. The molecule has 3 N–H and O–H groups in total. The summed E-state index contributed by atoms with van der Waals surface area (Å²) in [5, 5.41) is 7.78. The monoisotopic (exact) mass is 494 g/mol. The van der Waals surface area contributed by atoms with Gasteiger partial charge in [0, 0.05) is 49.3 Å². The highest BCUT2D eigenvalue weighted by atomic mass is 79.9. The van der Waals surface area contributed by atoms with Gasteiger partial charge in [-0.2, -0.15) is 0 Å². The average Bonchev–Trinajstić information content (AvgIpc) is 2.73. The number of para-hydroxylation sites is 1. The predicted molar refractivity (Wildman–Crippen MR) is 118 cm³/mol. The summed E-state index contributed by atoms with van der Waals surface area (Å²) in [7, 11) is -3.91. The normalized spacial score (nSPS) is 14.5. The first kappa shape index (κ1) is 22.3. The molecule has 0 aromatic heterocycles. The molecule has 0 aliphatic carbocycles. The first-order valence-corrected chi connectivity index (χ1v) is 11.8. The molecular weight excluding hydrogens is 472 g/mol. The number of hydrogen-bond acceptors (Lipinski definition) is 5. The summed E-state index contributed by atoms with van der Waals surface area (Å²) in [4.78, 5) is 28.7. The zero-order valence-electron chi connectivity index (χ0n) is 16.3. The number of nitrogens with one attached hydrogen (secondary N) is 1. The Morgan fingerprint density at radius 2 is 1.70 bits per heavy atom. The lowest BCUT2D eigenvalue weighted by Gasteiger charge is -2.36. The maximum atomic E-state index is 12.5. The fourth-order valence-corrected chi connectivity index (χ4v) is 4.21. The van der Waals surface area contributed by atoms with E-state index in [4.69, 9.17) is 5.14 Å². The van der Waals surface area contributed by atoms with Gasteiger partial charge in [0.25, 0.3) is 5.91 Å². The van der Waals surface area contributed by atoms with Gasteiger partial charge in [-0.25, -0.2) is 13.6 Å². The van der Waals surface area contributed by atoms with E-state index in [1.54, 1.807) is 4.90 Å². The molecule has 1 aliphatic rings. The van der Waals surface area contributed by atoms with E-state index in [9.17, 15) is 18.0 Å². The van der Waals surface area contributed by atoms with Crippen molar-refractivity contribution in [3.63, 3.8) is 0 Å². The Morgan fingerprint density at radius 1 is 1.03 bits per heavy atom. The summed E-state index contributed by atoms with van der Waals surface area (Å²) in [6.07, 6.45) is 0.170. The largest absolute Gasteiger partial charge is 0.368 e. The molecule has 0 unspecified atom stereocenters. The fraction of sp³-hybridized carbons (Fsp3) is 0.300. The van der Waals surface area contributed by atoms with Crippen LogP contribution in [0.2, 0.25) is 0 Å². The maximum Gasteiger partial charge on any atom is 0.252 e. The number of primary sulfonamides is 1. The van der Waals surface area contributed by atoms with E-state index >= 15 is 0 Å². The molecule has 2 aromatic rings. The third kappa shape index (κ3) is 5.59. The Morgan fingerprint density at radius 3 is 2.33 bits per heavy atom. The minimum absolute atomic E-state index is 0.0274. The number of benzene rings is 2. The lowest BCUT2D eigenvalue weighted by atomic mass is 10.2. The van der Waals surface area contributed by atoms with Gasteiger partial charge in [-0.05, 0) is 46.3 Å². The first-order valence-electron chi connectivity index (χ1n) is 9.44. The summed E-state index contributed by atoms with van der Waals surface area (Å²) in [6, 6.07) is 14.0. The highest BCUT2D eigenvalue weighted by Gasteiger charge is 2.21. The van der Waals surface area contributed by atoms with Crippen LogP contribution in [0.3, 0.4) is 0 Å². The van der Waals surface area contributed by atoms with E-state index in [-0.39, 0.29) is 29.3 Å². The van der Waals surface area contributed by atoms with Crippen LogP contribution in [0.25, 0.3) is 0 Å². The molecule has 1 fully saturated rings. The number of sulfonamides is 1. The van der Waals surface area contributed by atoms with Crippen LogP contribution in [0.1, 0.15) is 16.8 Å². The lowest BCUT2D eigenvalue weighted by Crippen LogP contribution is -2.49. The van der Waals surface area contributed by atoms with E-state index in [1.165, 1.54) is 18.2 Å². The minimum atomic E-state index is -3.91. The molecule has 0 saturated carbocycles. The number of nitrogens with two attached hydrogens (primary N) is 1. The molecule has 1 saturated heterocycles. The highest BCUT2D eigenvalue weighted by Crippen LogP contribution is 2.20. The zero-order chi connectivity index (χ0) is 21.7. The van der Waals surface area contributed by atoms with Gasteiger partial charge < -0.3 is 15.1 Å². The Hall–Kier alpha value is -2.43. The number of amides is 2. The molecule has 2 aromatic carbocycles. The third-order valence-corrected chi connectivity index (χ3v) is 6.49. The van der Waals surface area contributed by atoms with Crippen LogP contribution in [-0.2, 0) is 14.8 Å². The van der Waals surface area contributed by atoms with Crippen LogP contribution in [0.15, 0.2) is 57.9 Å². The predicted octanol–water partition coefficient (Wildman–Crippen LogP) is 1.57. The summed E-state index contributed by atoms with van der Waals surface area (Å²) in [5.74, 6) is -0.505. The van der Waals surface area contributed by atoms with Crippen molar-refractivity contribution in [1.29, 1.82) is 0 Å². The maximum absolute atomic E-state index is 12.5. The molecule has 30 heavy (non-hydrogen) atoms. The number of piperazine rings is 1. The smallest absolute Gasteiger partial charge is 0.252 e. The van der Waals surface area contributed by atoms with Crippen molar-refractivity contribution in [1.82, 2.24) is 10.2 Å². The van der Waals surface area contributed by atoms with Gasteiger partial charge in [0.05, 0.1) is 10.5 Å². The summed E-state index contributed by atoms with van der Waals surface area (Å²) in [5.41, 5.74) is 1.29. The molecule has 0 bridgehead atoms. The van der Waals surface area contributed by atoms with Crippen LogP contribution in [0.4, 0.5) is 5.69 Å². The molecule has 0 atom stereocenters. The van der Waals surface area contributed by atoms with E-state index in [1.807, 2.05) is 18.2 Å².